The van der Waals surface area contributed by atoms with Crippen LogP contribution in [0.25, 0.3) is 15.6 Å². The molecule has 1 N–H and O–H groups in total. The van der Waals surface area contributed by atoms with Gasteiger partial charge in [0.25, 0.3) is 5.91 Å². The zero-order chi connectivity index (χ0) is 22.3. The van der Waals surface area contributed by atoms with Crippen molar-refractivity contribution in [3.63, 3.8) is 0 Å². The predicted molar refractivity (Wildman–Crippen MR) is 121 cm³/mol. The number of aliphatic hydroxyl groups is 1. The molecule has 2 saturated heterocycles. The largest absolute Gasteiger partial charge is 0.380 e. The van der Waals surface area contributed by atoms with Crippen molar-refractivity contribution in [1.29, 1.82) is 0 Å². The summed E-state index contributed by atoms with van der Waals surface area (Å²) in [6.07, 6.45) is 2.98. The van der Waals surface area contributed by atoms with Gasteiger partial charge in [-0.1, -0.05) is 30.3 Å². The Balaban J connectivity index is 1.15. The molecule has 2 aliphatic heterocycles. The van der Waals surface area contributed by atoms with Gasteiger partial charge in [0, 0.05) is 39.3 Å². The first-order valence-corrected chi connectivity index (χ1v) is 11.4. The van der Waals surface area contributed by atoms with Crippen LogP contribution in [-0.4, -0.2) is 76.6 Å². The van der Waals surface area contributed by atoms with Crippen molar-refractivity contribution >= 4 is 28.4 Å². The number of hydrogen-bond donors (Lipinski definition) is 1. The molecular weight excluding hydrogens is 404 g/mol. The summed E-state index contributed by atoms with van der Waals surface area (Å²) >= 11 is 0. The third-order valence-corrected chi connectivity index (χ3v) is 7.17. The average molecular weight is 433 g/mol. The lowest BCUT2D eigenvalue weighted by Crippen LogP contribution is -2.56. The molecule has 2 aromatic carbocycles. The van der Waals surface area contributed by atoms with Crippen molar-refractivity contribution in [2.75, 3.05) is 39.3 Å². The highest BCUT2D eigenvalue weighted by Gasteiger charge is 2.50. The molecule has 3 aliphatic rings. The van der Waals surface area contributed by atoms with Crippen LogP contribution in [0.15, 0.2) is 36.4 Å². The molecule has 0 spiro atoms. The summed E-state index contributed by atoms with van der Waals surface area (Å²) in [5.74, 6) is 0.254. The molecule has 1 aliphatic carbocycles. The fourth-order valence-electron chi connectivity index (χ4n) is 4.91. The number of piperazine rings is 1. The summed E-state index contributed by atoms with van der Waals surface area (Å²) in [4.78, 5) is 34.3. The normalized spacial score (nSPS) is 20.8. The van der Waals surface area contributed by atoms with Gasteiger partial charge in [0.2, 0.25) is 0 Å². The molecule has 1 saturated carbocycles. The smallest absolute Gasteiger partial charge is 0.320 e. The SMILES string of the molecule is [C-]#[N+]c1ccc2cc(C3CCN(C(=O)N4CCN(C(=O)C5(O)CC5)CC4)CC3)ccc2c1. The topological polar surface area (TPSA) is 68.5 Å². The number of carbonyl (C=O) groups excluding carboxylic acids is 2. The van der Waals surface area contributed by atoms with Gasteiger partial charge in [-0.2, -0.15) is 0 Å². The van der Waals surface area contributed by atoms with Crippen LogP contribution in [0, 0.1) is 6.57 Å². The summed E-state index contributed by atoms with van der Waals surface area (Å²) in [7, 11) is 0. The van der Waals surface area contributed by atoms with Gasteiger partial charge in [-0.25, -0.2) is 9.64 Å². The van der Waals surface area contributed by atoms with Crippen molar-refractivity contribution in [1.82, 2.24) is 14.7 Å². The highest BCUT2D eigenvalue weighted by Crippen LogP contribution is 2.37. The number of nitrogens with zero attached hydrogens (tertiary/aromatic N) is 4. The van der Waals surface area contributed by atoms with E-state index in [4.69, 9.17) is 6.57 Å². The third-order valence-electron chi connectivity index (χ3n) is 7.17. The molecule has 0 atom stereocenters. The molecule has 5 rings (SSSR count). The van der Waals surface area contributed by atoms with E-state index >= 15 is 0 Å². The van der Waals surface area contributed by atoms with Gasteiger partial charge in [0.15, 0.2) is 5.69 Å². The van der Waals surface area contributed by atoms with Gasteiger partial charge >= 0.3 is 6.03 Å². The Morgan fingerprint density at radius 3 is 2.12 bits per heavy atom. The lowest BCUT2D eigenvalue weighted by atomic mass is 9.88. The van der Waals surface area contributed by atoms with E-state index in [9.17, 15) is 14.7 Å². The number of piperidine rings is 1. The molecular formula is C25H28N4O3. The van der Waals surface area contributed by atoms with Crippen LogP contribution in [0.3, 0.4) is 0 Å². The first-order chi connectivity index (χ1) is 15.5. The Bertz CT molecular complexity index is 1090. The van der Waals surface area contributed by atoms with Crippen molar-refractivity contribution < 1.29 is 14.7 Å². The quantitative estimate of drug-likeness (QED) is 0.740. The Labute approximate surface area is 188 Å². The predicted octanol–water partition coefficient (Wildman–Crippen LogP) is 3.36. The second-order valence-electron chi connectivity index (χ2n) is 9.26. The van der Waals surface area contributed by atoms with Gasteiger partial charge in [-0.3, -0.25) is 4.79 Å². The number of amides is 3. The fourth-order valence-corrected chi connectivity index (χ4v) is 4.91. The second kappa shape index (κ2) is 8.10. The number of benzene rings is 2. The van der Waals surface area contributed by atoms with E-state index in [1.165, 1.54) is 5.56 Å². The van der Waals surface area contributed by atoms with Gasteiger partial charge in [-0.15, -0.1) is 0 Å². The Morgan fingerprint density at radius 2 is 1.47 bits per heavy atom. The molecule has 166 valence electrons. The fraction of sp³-hybridized carbons (Fsp3) is 0.480. The summed E-state index contributed by atoms with van der Waals surface area (Å²) in [6.45, 7) is 10.7. The maximum Gasteiger partial charge on any atom is 0.320 e. The summed E-state index contributed by atoms with van der Waals surface area (Å²) < 4.78 is 0. The van der Waals surface area contributed by atoms with Gasteiger partial charge < -0.3 is 19.8 Å². The molecule has 2 heterocycles. The molecule has 2 aromatic rings. The van der Waals surface area contributed by atoms with E-state index in [0.717, 1.165) is 36.7 Å². The number of carbonyl (C=O) groups is 2. The number of fused-ring (bicyclic) bond motifs is 1. The lowest BCUT2D eigenvalue weighted by molar-refractivity contribution is -0.144. The first-order valence-electron chi connectivity index (χ1n) is 11.4. The number of likely N-dealkylation sites (tertiary alicyclic amines) is 1. The Kier molecular flexibility index (Phi) is 5.26. The number of hydrogen-bond acceptors (Lipinski definition) is 3. The number of urea groups is 1. The molecule has 0 aromatic heterocycles. The van der Waals surface area contributed by atoms with Crippen LogP contribution < -0.4 is 0 Å². The maximum atomic E-state index is 13.0. The van der Waals surface area contributed by atoms with Gasteiger partial charge in [0.05, 0.1) is 6.57 Å². The molecule has 3 fully saturated rings. The minimum Gasteiger partial charge on any atom is -0.380 e. The third kappa shape index (κ3) is 3.91. The van der Waals surface area contributed by atoms with Crippen LogP contribution in [0.4, 0.5) is 10.5 Å². The lowest BCUT2D eigenvalue weighted by Gasteiger charge is -2.40. The van der Waals surface area contributed by atoms with Crippen LogP contribution >= 0.6 is 0 Å². The van der Waals surface area contributed by atoms with E-state index in [0.29, 0.717) is 50.6 Å². The molecule has 3 amide bonds. The summed E-state index contributed by atoms with van der Waals surface area (Å²) in [5, 5.41) is 12.3. The molecule has 0 radical (unpaired) electrons. The first kappa shape index (κ1) is 20.8. The second-order valence-corrected chi connectivity index (χ2v) is 9.26. The maximum absolute atomic E-state index is 13.0. The van der Waals surface area contributed by atoms with Crippen molar-refractivity contribution in [2.45, 2.75) is 37.2 Å². The van der Waals surface area contributed by atoms with Crippen molar-refractivity contribution in [2.24, 2.45) is 0 Å². The van der Waals surface area contributed by atoms with E-state index in [2.05, 4.69) is 23.0 Å². The molecule has 7 heteroatoms. The van der Waals surface area contributed by atoms with E-state index in [1.807, 2.05) is 28.0 Å². The molecule has 0 unspecified atom stereocenters. The van der Waals surface area contributed by atoms with Crippen LogP contribution in [0.5, 0.6) is 0 Å². The van der Waals surface area contributed by atoms with Crippen molar-refractivity contribution in [3.05, 3.63) is 53.4 Å². The van der Waals surface area contributed by atoms with Gasteiger partial charge in [0.1, 0.15) is 5.60 Å². The molecule has 7 nitrogen and oxygen atoms in total. The van der Waals surface area contributed by atoms with E-state index < -0.39 is 5.60 Å². The standard InChI is InChI=1S/C25H28N4O3/c1-26-22-5-4-20-16-19(2-3-21(20)17-22)18-6-10-28(11-7-18)24(31)29-14-12-27(13-15-29)23(30)25(32)8-9-25/h2-5,16-18,32H,6-15H2. The molecule has 32 heavy (non-hydrogen) atoms. The van der Waals surface area contributed by atoms with Crippen LogP contribution in [-0.2, 0) is 4.79 Å². The van der Waals surface area contributed by atoms with Crippen LogP contribution in [0.1, 0.15) is 37.2 Å². The zero-order valence-electron chi connectivity index (χ0n) is 18.2. The van der Waals surface area contributed by atoms with E-state index in [1.54, 1.807) is 4.90 Å². The Hall–Kier alpha value is -3.11. The monoisotopic (exact) mass is 432 g/mol. The van der Waals surface area contributed by atoms with Crippen LogP contribution in [0.2, 0.25) is 0 Å². The minimum atomic E-state index is -1.13. The van der Waals surface area contributed by atoms with E-state index in [-0.39, 0.29) is 11.9 Å². The zero-order valence-corrected chi connectivity index (χ0v) is 18.2. The number of rotatable bonds is 2. The summed E-state index contributed by atoms with van der Waals surface area (Å²) in [5.41, 5.74) is 0.826. The highest BCUT2D eigenvalue weighted by molar-refractivity contribution is 5.88. The minimum absolute atomic E-state index is 0.0610. The van der Waals surface area contributed by atoms with Crippen molar-refractivity contribution in [3.8, 4) is 0 Å². The highest BCUT2D eigenvalue weighted by atomic mass is 16.3. The average Bonchev–Trinajstić information content (AvgIpc) is 3.61. The molecule has 0 bridgehead atoms. The Morgan fingerprint density at radius 1 is 0.875 bits per heavy atom. The van der Waals surface area contributed by atoms with Gasteiger partial charge in [-0.05, 0) is 54.0 Å². The summed E-state index contributed by atoms with van der Waals surface area (Å²) in [6, 6.07) is 12.3.